The summed E-state index contributed by atoms with van der Waals surface area (Å²) in [5.41, 5.74) is 2.54. The van der Waals surface area contributed by atoms with Gasteiger partial charge in [0.2, 0.25) is 5.95 Å². The van der Waals surface area contributed by atoms with Gasteiger partial charge < -0.3 is 15.4 Å². The number of para-hydroxylation sites is 1. The Balaban J connectivity index is 1.78. The Morgan fingerprint density at radius 2 is 1.93 bits per heavy atom. The van der Waals surface area contributed by atoms with Gasteiger partial charge in [0.1, 0.15) is 5.69 Å². The Morgan fingerprint density at radius 3 is 2.68 bits per heavy atom. The first-order valence-electron chi connectivity index (χ1n) is 8.54. The highest BCUT2D eigenvalue weighted by atomic mass is 16.5. The van der Waals surface area contributed by atoms with Crippen LogP contribution in [0.5, 0.6) is 0 Å². The summed E-state index contributed by atoms with van der Waals surface area (Å²) in [6, 6.07) is 12.1. The van der Waals surface area contributed by atoms with Crippen molar-refractivity contribution in [3.63, 3.8) is 0 Å². The number of hydrogen-bond donors (Lipinski definition) is 2. The lowest BCUT2D eigenvalue weighted by atomic mass is 10.2. The van der Waals surface area contributed by atoms with E-state index in [1.54, 1.807) is 55.7 Å². The lowest BCUT2D eigenvalue weighted by molar-refractivity contribution is 0.0601. The van der Waals surface area contributed by atoms with Crippen LogP contribution in [0.1, 0.15) is 32.1 Å². The van der Waals surface area contributed by atoms with Crippen LogP contribution in [0.3, 0.4) is 0 Å². The smallest absolute Gasteiger partial charge is 0.339 e. The molecule has 142 valence electrons. The molecule has 8 nitrogen and oxygen atoms in total. The highest BCUT2D eigenvalue weighted by molar-refractivity contribution is 5.96. The van der Waals surface area contributed by atoms with E-state index in [0.29, 0.717) is 23.5 Å². The number of rotatable bonds is 6. The van der Waals surface area contributed by atoms with E-state index in [-0.39, 0.29) is 17.5 Å². The lowest BCUT2D eigenvalue weighted by Crippen LogP contribution is -2.24. The van der Waals surface area contributed by atoms with Crippen LogP contribution >= 0.6 is 0 Å². The average molecular weight is 377 g/mol. The number of nitrogens with zero attached hydrogens (tertiary/aromatic N) is 3. The van der Waals surface area contributed by atoms with E-state index < -0.39 is 5.97 Å². The van der Waals surface area contributed by atoms with Crippen LogP contribution in [0.4, 0.5) is 11.6 Å². The average Bonchev–Trinajstić information content (AvgIpc) is 2.72. The molecule has 0 spiro atoms. The number of carbonyl (C=O) groups is 2. The van der Waals surface area contributed by atoms with Gasteiger partial charge in [0, 0.05) is 24.6 Å². The molecule has 0 unspecified atom stereocenters. The third kappa shape index (κ3) is 4.67. The van der Waals surface area contributed by atoms with Gasteiger partial charge in [-0.05, 0) is 36.8 Å². The van der Waals surface area contributed by atoms with E-state index >= 15 is 0 Å². The molecule has 1 aromatic carbocycles. The quantitative estimate of drug-likeness (QED) is 0.636. The maximum absolute atomic E-state index is 12.5. The second kappa shape index (κ2) is 8.72. The number of methoxy groups -OCH3 is 1. The largest absolute Gasteiger partial charge is 0.465 e. The molecule has 28 heavy (non-hydrogen) atoms. The van der Waals surface area contributed by atoms with Crippen molar-refractivity contribution < 1.29 is 14.3 Å². The second-order valence-electron chi connectivity index (χ2n) is 5.92. The predicted octanol–water partition coefficient (Wildman–Crippen LogP) is 2.64. The fraction of sp³-hybridized carbons (Fsp3) is 0.150. The number of aromatic nitrogens is 3. The fourth-order valence-corrected chi connectivity index (χ4v) is 2.52. The zero-order chi connectivity index (χ0) is 19.9. The lowest BCUT2D eigenvalue weighted by Gasteiger charge is -2.11. The van der Waals surface area contributed by atoms with E-state index in [1.807, 2.05) is 6.07 Å². The molecule has 0 aliphatic carbocycles. The van der Waals surface area contributed by atoms with Crippen LogP contribution < -0.4 is 10.6 Å². The molecule has 0 saturated carbocycles. The molecule has 0 bridgehead atoms. The van der Waals surface area contributed by atoms with E-state index in [4.69, 9.17) is 4.74 Å². The Morgan fingerprint density at radius 1 is 1.11 bits per heavy atom. The summed E-state index contributed by atoms with van der Waals surface area (Å²) in [5.74, 6) is -0.605. The molecule has 2 aromatic heterocycles. The van der Waals surface area contributed by atoms with Gasteiger partial charge in [-0.25, -0.2) is 14.8 Å². The topological polar surface area (TPSA) is 106 Å². The molecular weight excluding hydrogens is 358 g/mol. The van der Waals surface area contributed by atoms with Crippen molar-refractivity contribution in [1.29, 1.82) is 0 Å². The van der Waals surface area contributed by atoms with Gasteiger partial charge >= 0.3 is 5.97 Å². The Bertz CT molecular complexity index is 992. The van der Waals surface area contributed by atoms with Gasteiger partial charge in [-0.2, -0.15) is 0 Å². The summed E-state index contributed by atoms with van der Waals surface area (Å²) in [5, 5.41) is 5.79. The third-order valence-corrected chi connectivity index (χ3v) is 3.84. The molecule has 0 atom stereocenters. The predicted molar refractivity (Wildman–Crippen MR) is 103 cm³/mol. The minimum absolute atomic E-state index is 0.211. The van der Waals surface area contributed by atoms with Crippen molar-refractivity contribution in [2.75, 3.05) is 12.4 Å². The van der Waals surface area contributed by atoms with E-state index in [0.717, 1.165) is 5.56 Å². The zero-order valence-corrected chi connectivity index (χ0v) is 15.5. The third-order valence-electron chi connectivity index (χ3n) is 3.84. The number of esters is 1. The van der Waals surface area contributed by atoms with Crippen LogP contribution in [0, 0.1) is 6.92 Å². The Hall–Kier alpha value is -3.81. The van der Waals surface area contributed by atoms with Gasteiger partial charge in [-0.15, -0.1) is 0 Å². The molecule has 2 N–H and O–H groups in total. The normalized spacial score (nSPS) is 10.2. The molecule has 0 aliphatic rings. The fourth-order valence-electron chi connectivity index (χ4n) is 2.52. The van der Waals surface area contributed by atoms with Crippen molar-refractivity contribution in [3.8, 4) is 0 Å². The summed E-state index contributed by atoms with van der Waals surface area (Å²) >= 11 is 0. The number of anilines is 2. The Labute approximate surface area is 162 Å². The molecule has 3 rings (SSSR count). The molecule has 0 aliphatic heterocycles. The van der Waals surface area contributed by atoms with Crippen molar-refractivity contribution in [3.05, 3.63) is 77.4 Å². The molecule has 0 saturated heterocycles. The van der Waals surface area contributed by atoms with Gasteiger partial charge in [-0.3, -0.25) is 9.78 Å². The summed E-state index contributed by atoms with van der Waals surface area (Å²) in [6.45, 7) is 2.10. The second-order valence-corrected chi connectivity index (χ2v) is 5.92. The standard InChI is InChI=1S/C20H19N5O3/c1-13-10-17(18(26)22-12-14-6-5-9-21-11-14)25-20(23-13)24-16-8-4-3-7-15(16)19(27)28-2/h3-11H,12H2,1-2H3,(H,22,26)(H,23,24,25). The minimum atomic E-state index is -0.481. The van der Waals surface area contributed by atoms with E-state index in [2.05, 4.69) is 25.6 Å². The van der Waals surface area contributed by atoms with Crippen molar-refractivity contribution in [1.82, 2.24) is 20.3 Å². The number of pyridine rings is 1. The van der Waals surface area contributed by atoms with Gasteiger partial charge in [0.05, 0.1) is 18.4 Å². The van der Waals surface area contributed by atoms with Crippen molar-refractivity contribution in [2.24, 2.45) is 0 Å². The summed E-state index contributed by atoms with van der Waals surface area (Å²) in [6.07, 6.45) is 3.35. The Kier molecular flexibility index (Phi) is 5.91. The molecular formula is C20H19N5O3. The van der Waals surface area contributed by atoms with Crippen LogP contribution in [0.15, 0.2) is 54.9 Å². The number of benzene rings is 1. The zero-order valence-electron chi connectivity index (χ0n) is 15.5. The van der Waals surface area contributed by atoms with E-state index in [9.17, 15) is 9.59 Å². The maximum atomic E-state index is 12.5. The SMILES string of the molecule is COC(=O)c1ccccc1Nc1nc(C)cc(C(=O)NCc2cccnc2)n1. The maximum Gasteiger partial charge on any atom is 0.339 e. The number of hydrogen-bond acceptors (Lipinski definition) is 7. The first-order chi connectivity index (χ1) is 13.6. The molecule has 2 heterocycles. The van der Waals surface area contributed by atoms with E-state index in [1.165, 1.54) is 7.11 Å². The number of nitrogens with one attached hydrogen (secondary N) is 2. The van der Waals surface area contributed by atoms with Crippen molar-refractivity contribution >= 4 is 23.5 Å². The van der Waals surface area contributed by atoms with Crippen LogP contribution in [0.2, 0.25) is 0 Å². The number of amides is 1. The molecule has 0 radical (unpaired) electrons. The van der Waals surface area contributed by atoms with Crippen LogP contribution in [0.25, 0.3) is 0 Å². The van der Waals surface area contributed by atoms with Crippen molar-refractivity contribution in [2.45, 2.75) is 13.5 Å². The number of carbonyl (C=O) groups excluding carboxylic acids is 2. The first kappa shape index (κ1) is 19.0. The summed E-state index contributed by atoms with van der Waals surface area (Å²) in [4.78, 5) is 37.0. The minimum Gasteiger partial charge on any atom is -0.465 e. The van der Waals surface area contributed by atoms with Crippen LogP contribution in [-0.4, -0.2) is 33.9 Å². The summed E-state index contributed by atoms with van der Waals surface area (Å²) in [7, 11) is 1.31. The van der Waals surface area contributed by atoms with Crippen LogP contribution in [-0.2, 0) is 11.3 Å². The first-order valence-corrected chi connectivity index (χ1v) is 8.54. The van der Waals surface area contributed by atoms with Gasteiger partial charge in [0.15, 0.2) is 0 Å². The highest BCUT2D eigenvalue weighted by Gasteiger charge is 2.14. The number of aryl methyl sites for hydroxylation is 1. The number of ether oxygens (including phenoxy) is 1. The molecule has 8 heteroatoms. The molecule has 0 fully saturated rings. The van der Waals surface area contributed by atoms with Gasteiger partial charge in [0.25, 0.3) is 5.91 Å². The summed E-state index contributed by atoms with van der Waals surface area (Å²) < 4.78 is 4.79. The highest BCUT2D eigenvalue weighted by Crippen LogP contribution is 2.20. The molecule has 1 amide bonds. The monoisotopic (exact) mass is 377 g/mol. The molecule has 3 aromatic rings. The van der Waals surface area contributed by atoms with Gasteiger partial charge in [-0.1, -0.05) is 18.2 Å².